The number of morpholine rings is 1. The number of sulfonamides is 1. The van der Waals surface area contributed by atoms with Crippen LogP contribution in [0.5, 0.6) is 0 Å². The predicted molar refractivity (Wildman–Crippen MR) is 124 cm³/mol. The largest absolute Gasteiger partial charge is 0.372 e. The Hall–Kier alpha value is -1.84. The monoisotopic (exact) mass is 452 g/mol. The number of rotatable bonds is 4. The topological polar surface area (TPSA) is 91.0 Å². The third-order valence-electron chi connectivity index (χ3n) is 5.81. The molecule has 2 fully saturated rings. The van der Waals surface area contributed by atoms with Gasteiger partial charge in [0.2, 0.25) is 10.0 Å². The molecule has 1 aromatic rings. The number of piperidine rings is 1. The molecule has 0 unspecified atom stereocenters. The van der Waals surface area contributed by atoms with E-state index in [2.05, 4.69) is 28.8 Å². The van der Waals surface area contributed by atoms with Gasteiger partial charge < -0.3 is 19.9 Å². The second kappa shape index (κ2) is 9.34. The van der Waals surface area contributed by atoms with E-state index in [0.29, 0.717) is 25.9 Å². The summed E-state index contributed by atoms with van der Waals surface area (Å²) in [6.45, 7) is 11.9. The number of nitrogens with one attached hydrogen (secondary N) is 2. The number of amides is 2. The molecule has 2 heterocycles. The van der Waals surface area contributed by atoms with E-state index in [0.717, 1.165) is 24.5 Å². The van der Waals surface area contributed by atoms with E-state index in [1.807, 2.05) is 24.3 Å². The van der Waals surface area contributed by atoms with Gasteiger partial charge >= 0.3 is 6.03 Å². The van der Waals surface area contributed by atoms with E-state index in [1.165, 1.54) is 0 Å². The molecule has 31 heavy (non-hydrogen) atoms. The first-order chi connectivity index (χ1) is 14.4. The number of hydrogen-bond donors (Lipinski definition) is 2. The van der Waals surface area contributed by atoms with Crippen molar-refractivity contribution < 1.29 is 17.9 Å². The van der Waals surface area contributed by atoms with Crippen LogP contribution in [0, 0.1) is 0 Å². The van der Waals surface area contributed by atoms with E-state index in [9.17, 15) is 13.2 Å². The summed E-state index contributed by atoms with van der Waals surface area (Å²) >= 11 is 0. The standard InChI is InChI=1S/C22H36N4O4S/c1-16-14-26(15-17(2)30-16)20-8-6-18(7-9-20)23-21(27)25-12-10-19(11-13-25)24-31(28,29)22(3,4)5/h6-9,16-17,19,24H,10-15H2,1-5H3,(H,23,27)/t16-,17-/m1/s1. The summed E-state index contributed by atoms with van der Waals surface area (Å²) in [5, 5.41) is 2.95. The van der Waals surface area contributed by atoms with Crippen LogP contribution in [0.2, 0.25) is 0 Å². The Morgan fingerprint density at radius 2 is 1.58 bits per heavy atom. The van der Waals surface area contributed by atoms with Crippen molar-refractivity contribution in [2.24, 2.45) is 0 Å². The second-order valence-corrected chi connectivity index (χ2v) is 12.1. The molecular weight excluding hydrogens is 416 g/mol. The average molecular weight is 453 g/mol. The minimum Gasteiger partial charge on any atom is -0.372 e. The van der Waals surface area contributed by atoms with Crippen LogP contribution in [-0.4, -0.2) is 68.5 Å². The van der Waals surface area contributed by atoms with Crippen molar-refractivity contribution in [1.82, 2.24) is 9.62 Å². The maximum absolute atomic E-state index is 12.6. The molecule has 174 valence electrons. The molecule has 2 aliphatic heterocycles. The fraction of sp³-hybridized carbons (Fsp3) is 0.682. The fourth-order valence-corrected chi connectivity index (χ4v) is 4.97. The van der Waals surface area contributed by atoms with Crippen LogP contribution in [0.15, 0.2) is 24.3 Å². The second-order valence-electron chi connectivity index (χ2n) is 9.63. The Labute approximate surface area is 186 Å². The zero-order valence-corrected chi connectivity index (χ0v) is 20.0. The SMILES string of the molecule is C[C@@H]1CN(c2ccc(NC(=O)N3CCC(NS(=O)(=O)C(C)(C)C)CC3)cc2)C[C@@H](C)O1. The number of carbonyl (C=O) groups is 1. The van der Waals surface area contributed by atoms with Crippen molar-refractivity contribution in [3.05, 3.63) is 24.3 Å². The lowest BCUT2D eigenvalue weighted by atomic mass is 10.1. The summed E-state index contributed by atoms with van der Waals surface area (Å²) in [5.41, 5.74) is 1.87. The molecule has 2 amide bonds. The number of hydrogen-bond acceptors (Lipinski definition) is 5. The summed E-state index contributed by atoms with van der Waals surface area (Å²) in [7, 11) is -3.39. The summed E-state index contributed by atoms with van der Waals surface area (Å²) in [5.74, 6) is 0. The summed E-state index contributed by atoms with van der Waals surface area (Å²) in [4.78, 5) is 16.7. The number of anilines is 2. The van der Waals surface area contributed by atoms with Gasteiger partial charge in [-0.3, -0.25) is 0 Å². The lowest BCUT2D eigenvalue weighted by molar-refractivity contribution is -0.00521. The van der Waals surface area contributed by atoms with Gasteiger partial charge in [-0.25, -0.2) is 17.9 Å². The molecule has 1 aromatic carbocycles. The van der Waals surface area contributed by atoms with Crippen molar-refractivity contribution in [2.75, 3.05) is 36.4 Å². The van der Waals surface area contributed by atoms with E-state index in [4.69, 9.17) is 4.74 Å². The highest BCUT2D eigenvalue weighted by molar-refractivity contribution is 7.90. The molecule has 2 atom stereocenters. The first-order valence-electron chi connectivity index (χ1n) is 11.0. The molecule has 0 aromatic heterocycles. The minimum absolute atomic E-state index is 0.133. The van der Waals surface area contributed by atoms with Crippen LogP contribution in [0.4, 0.5) is 16.2 Å². The number of nitrogens with zero attached hydrogens (tertiary/aromatic N) is 2. The first kappa shape index (κ1) is 23.8. The Balaban J connectivity index is 1.50. The maximum atomic E-state index is 12.6. The van der Waals surface area contributed by atoms with Crippen LogP contribution in [0.25, 0.3) is 0 Å². The Bertz CT molecular complexity index is 848. The lowest BCUT2D eigenvalue weighted by Crippen LogP contribution is -2.50. The highest BCUT2D eigenvalue weighted by Crippen LogP contribution is 2.23. The van der Waals surface area contributed by atoms with Gasteiger partial charge in [0.05, 0.1) is 17.0 Å². The van der Waals surface area contributed by atoms with Crippen LogP contribution < -0.4 is 14.9 Å². The zero-order chi connectivity index (χ0) is 22.8. The van der Waals surface area contributed by atoms with Crippen LogP contribution in [-0.2, 0) is 14.8 Å². The molecule has 9 heteroatoms. The molecule has 8 nitrogen and oxygen atoms in total. The van der Waals surface area contributed by atoms with Gasteiger partial charge in [0.15, 0.2) is 0 Å². The number of ether oxygens (including phenoxy) is 1. The molecular formula is C22H36N4O4S. The maximum Gasteiger partial charge on any atom is 0.321 e. The highest BCUT2D eigenvalue weighted by atomic mass is 32.2. The molecule has 0 saturated carbocycles. The molecule has 2 aliphatic rings. The van der Waals surface area contributed by atoms with Crippen molar-refractivity contribution in [3.8, 4) is 0 Å². The Morgan fingerprint density at radius 1 is 1.03 bits per heavy atom. The van der Waals surface area contributed by atoms with Gasteiger partial charge in [0.1, 0.15) is 0 Å². The smallest absolute Gasteiger partial charge is 0.321 e. The fourth-order valence-electron chi connectivity index (χ4n) is 3.94. The minimum atomic E-state index is -3.39. The summed E-state index contributed by atoms with van der Waals surface area (Å²) in [6.07, 6.45) is 1.60. The average Bonchev–Trinajstić information content (AvgIpc) is 2.67. The van der Waals surface area contributed by atoms with Crippen molar-refractivity contribution in [1.29, 1.82) is 0 Å². The summed E-state index contributed by atoms with van der Waals surface area (Å²) in [6, 6.07) is 7.59. The molecule has 2 saturated heterocycles. The van der Waals surface area contributed by atoms with Gasteiger partial charge in [-0.15, -0.1) is 0 Å². The lowest BCUT2D eigenvalue weighted by Gasteiger charge is -2.37. The van der Waals surface area contributed by atoms with Crippen LogP contribution in [0.3, 0.4) is 0 Å². The first-order valence-corrected chi connectivity index (χ1v) is 12.5. The van der Waals surface area contributed by atoms with Crippen molar-refractivity contribution in [3.63, 3.8) is 0 Å². The normalized spacial score (nSPS) is 23.6. The summed E-state index contributed by atoms with van der Waals surface area (Å²) < 4.78 is 32.4. The van der Waals surface area contributed by atoms with Gasteiger partial charge in [-0.05, 0) is 71.7 Å². The Morgan fingerprint density at radius 3 is 2.10 bits per heavy atom. The zero-order valence-electron chi connectivity index (χ0n) is 19.2. The van der Waals surface area contributed by atoms with Gasteiger partial charge in [0.25, 0.3) is 0 Å². The van der Waals surface area contributed by atoms with Gasteiger partial charge in [-0.2, -0.15) is 0 Å². The number of likely N-dealkylation sites (tertiary alicyclic amines) is 1. The third kappa shape index (κ3) is 6.11. The van der Waals surface area contributed by atoms with Crippen molar-refractivity contribution >= 4 is 27.4 Å². The number of urea groups is 1. The Kier molecular flexibility index (Phi) is 7.18. The number of benzene rings is 1. The van der Waals surface area contributed by atoms with Gasteiger partial charge in [-0.1, -0.05) is 0 Å². The number of carbonyl (C=O) groups excluding carboxylic acids is 1. The molecule has 0 spiro atoms. The van der Waals surface area contributed by atoms with Crippen molar-refractivity contribution in [2.45, 2.75) is 70.5 Å². The molecule has 2 N–H and O–H groups in total. The third-order valence-corrected chi connectivity index (χ3v) is 8.07. The van der Waals surface area contributed by atoms with Gasteiger partial charge in [0, 0.05) is 43.6 Å². The molecule has 3 rings (SSSR count). The molecule has 0 bridgehead atoms. The molecule has 0 aliphatic carbocycles. The molecule has 0 radical (unpaired) electrons. The van der Waals surface area contributed by atoms with E-state index < -0.39 is 14.8 Å². The predicted octanol–water partition coefficient (Wildman–Crippen LogP) is 3.01. The van der Waals surface area contributed by atoms with Crippen LogP contribution >= 0.6 is 0 Å². The van der Waals surface area contributed by atoms with Crippen LogP contribution in [0.1, 0.15) is 47.5 Å². The van der Waals surface area contributed by atoms with E-state index in [1.54, 1.807) is 25.7 Å². The highest BCUT2D eigenvalue weighted by Gasteiger charge is 2.33. The van der Waals surface area contributed by atoms with E-state index in [-0.39, 0.29) is 24.3 Å². The quantitative estimate of drug-likeness (QED) is 0.733. The van der Waals surface area contributed by atoms with E-state index >= 15 is 0 Å².